The lowest BCUT2D eigenvalue weighted by Gasteiger charge is -2.16. The van der Waals surface area contributed by atoms with Gasteiger partial charge < -0.3 is 20.5 Å². The van der Waals surface area contributed by atoms with Gasteiger partial charge in [-0.15, -0.1) is 0 Å². The van der Waals surface area contributed by atoms with Crippen LogP contribution in [0.1, 0.15) is 25.7 Å². The number of amides is 2. The Balaban J connectivity index is 1.70. The smallest absolute Gasteiger partial charge is 0.315 e. The summed E-state index contributed by atoms with van der Waals surface area (Å²) in [4.78, 5) is 21.3. The topological polar surface area (TPSA) is 81.3 Å². The van der Waals surface area contributed by atoms with Crippen LogP contribution in [0.25, 0.3) is 0 Å². The first-order chi connectivity index (χ1) is 7.66. The predicted octanol–water partition coefficient (Wildman–Crippen LogP) is -0.538. The van der Waals surface area contributed by atoms with Crippen molar-refractivity contribution in [2.75, 3.05) is 5.75 Å². The highest BCUT2D eigenvalue weighted by Gasteiger charge is 2.42. The zero-order chi connectivity index (χ0) is 11.5. The van der Waals surface area contributed by atoms with Crippen molar-refractivity contribution in [3.8, 4) is 0 Å². The molecular weight excluding hydrogens is 228 g/mol. The van der Waals surface area contributed by atoms with Crippen molar-refractivity contribution in [2.45, 2.75) is 43.0 Å². The fraction of sp³-hybridized carbons (Fsp3) is 0.800. The monoisotopic (exact) mass is 243 g/mol. The predicted molar refractivity (Wildman–Crippen MR) is 59.0 cm³/mol. The molecule has 2 aliphatic rings. The molecule has 2 heterocycles. The SMILES string of the molecule is O=C([O-])CCCCC1SC[C@@H]2NC(=O)N[C@H]12. The highest BCUT2D eigenvalue weighted by Crippen LogP contribution is 2.33. The number of carbonyl (C=O) groups excluding carboxylic acids is 2. The van der Waals surface area contributed by atoms with Gasteiger partial charge in [0.25, 0.3) is 0 Å². The van der Waals surface area contributed by atoms with Crippen LogP contribution in [-0.2, 0) is 4.79 Å². The minimum absolute atomic E-state index is 0.0740. The molecule has 2 aliphatic heterocycles. The second kappa shape index (κ2) is 4.95. The third kappa shape index (κ3) is 2.61. The molecule has 2 N–H and O–H groups in total. The number of rotatable bonds is 5. The number of carbonyl (C=O) groups is 2. The van der Waals surface area contributed by atoms with Crippen LogP contribution in [0.3, 0.4) is 0 Å². The molecular formula is C10H15N2O3S-. The number of hydrogen-bond acceptors (Lipinski definition) is 4. The van der Waals surface area contributed by atoms with Crippen LogP contribution >= 0.6 is 11.8 Å². The molecule has 6 heteroatoms. The third-order valence-corrected chi connectivity index (χ3v) is 4.57. The first-order valence-corrected chi connectivity index (χ1v) is 6.60. The highest BCUT2D eigenvalue weighted by molar-refractivity contribution is 8.00. The molecule has 0 aromatic carbocycles. The van der Waals surface area contributed by atoms with Gasteiger partial charge in [-0.25, -0.2) is 4.79 Å². The lowest BCUT2D eigenvalue weighted by atomic mass is 10.0. The van der Waals surface area contributed by atoms with Crippen LogP contribution < -0.4 is 15.7 Å². The summed E-state index contributed by atoms with van der Waals surface area (Å²) in [6, 6.07) is 0.402. The molecule has 0 saturated carbocycles. The first kappa shape index (κ1) is 11.6. The van der Waals surface area contributed by atoms with E-state index in [0.717, 1.165) is 18.6 Å². The van der Waals surface area contributed by atoms with E-state index in [1.54, 1.807) is 0 Å². The molecule has 1 unspecified atom stereocenters. The minimum Gasteiger partial charge on any atom is -0.550 e. The largest absolute Gasteiger partial charge is 0.550 e. The molecule has 0 radical (unpaired) electrons. The summed E-state index contributed by atoms with van der Waals surface area (Å²) in [7, 11) is 0. The zero-order valence-electron chi connectivity index (χ0n) is 8.90. The van der Waals surface area contributed by atoms with Crippen molar-refractivity contribution in [1.29, 1.82) is 0 Å². The van der Waals surface area contributed by atoms with Gasteiger partial charge in [0.05, 0.1) is 12.1 Å². The Morgan fingerprint density at radius 2 is 2.25 bits per heavy atom. The zero-order valence-corrected chi connectivity index (χ0v) is 9.72. The Morgan fingerprint density at radius 3 is 3.00 bits per heavy atom. The third-order valence-electron chi connectivity index (χ3n) is 3.06. The standard InChI is InChI=1S/C10H16N2O3S/c13-8(14)4-2-1-3-7-9-6(5-16-7)11-10(15)12-9/h6-7,9H,1-5H2,(H,13,14)(H2,11,12,15)/p-1/t6-,7?,9-/m0/s1. The van der Waals surface area contributed by atoms with Crippen molar-refractivity contribution in [3.63, 3.8) is 0 Å². The van der Waals surface area contributed by atoms with Crippen LogP contribution in [0.2, 0.25) is 0 Å². The molecule has 2 amide bonds. The second-order valence-electron chi connectivity index (χ2n) is 4.24. The molecule has 16 heavy (non-hydrogen) atoms. The molecule has 0 spiro atoms. The van der Waals surface area contributed by atoms with Gasteiger partial charge in [-0.3, -0.25) is 0 Å². The number of hydrogen-bond donors (Lipinski definition) is 2. The molecule has 0 aliphatic carbocycles. The quantitative estimate of drug-likeness (QED) is 0.502. The highest BCUT2D eigenvalue weighted by atomic mass is 32.2. The van der Waals surface area contributed by atoms with Crippen molar-refractivity contribution >= 4 is 23.8 Å². The Bertz CT molecular complexity index is 298. The van der Waals surface area contributed by atoms with Gasteiger partial charge in [-0.05, 0) is 19.3 Å². The number of unbranched alkanes of at least 4 members (excludes halogenated alkanes) is 1. The van der Waals surface area contributed by atoms with E-state index < -0.39 is 5.97 Å². The van der Waals surface area contributed by atoms with Gasteiger partial charge in [-0.1, -0.05) is 6.42 Å². The van der Waals surface area contributed by atoms with E-state index in [1.165, 1.54) is 0 Å². The van der Waals surface area contributed by atoms with Crippen LogP contribution in [-0.4, -0.2) is 35.1 Å². The molecule has 2 rings (SSSR count). The minimum atomic E-state index is -0.979. The summed E-state index contributed by atoms with van der Waals surface area (Å²) in [6.45, 7) is 0. The van der Waals surface area contributed by atoms with Crippen molar-refractivity contribution < 1.29 is 14.7 Å². The summed E-state index contributed by atoms with van der Waals surface area (Å²) in [5.41, 5.74) is 0. The van der Waals surface area contributed by atoms with Gasteiger partial charge in [0.1, 0.15) is 0 Å². The number of fused-ring (bicyclic) bond motifs is 1. The van der Waals surface area contributed by atoms with Crippen LogP contribution in [0.5, 0.6) is 0 Å². The van der Waals surface area contributed by atoms with Crippen LogP contribution in [0.15, 0.2) is 0 Å². The number of carboxylic acid groups (broad SMARTS) is 1. The maximum absolute atomic E-state index is 11.1. The number of nitrogens with one attached hydrogen (secondary N) is 2. The molecule has 2 fully saturated rings. The number of carboxylic acids is 1. The Hall–Kier alpha value is -0.910. The van der Waals surface area contributed by atoms with Gasteiger partial charge in [-0.2, -0.15) is 11.8 Å². The molecule has 0 bridgehead atoms. The fourth-order valence-corrected chi connectivity index (χ4v) is 3.80. The van der Waals surface area contributed by atoms with Crippen LogP contribution in [0, 0.1) is 0 Å². The van der Waals surface area contributed by atoms with Gasteiger partial charge in [0, 0.05) is 17.0 Å². The summed E-state index contributed by atoms with van der Waals surface area (Å²) in [5, 5.41) is 16.5. The summed E-state index contributed by atoms with van der Waals surface area (Å²) >= 11 is 1.85. The molecule has 0 aromatic rings. The first-order valence-electron chi connectivity index (χ1n) is 5.55. The Kier molecular flexibility index (Phi) is 3.58. The summed E-state index contributed by atoms with van der Waals surface area (Å²) in [6.07, 6.45) is 2.64. The van der Waals surface area contributed by atoms with Gasteiger partial charge in [0.2, 0.25) is 0 Å². The maximum Gasteiger partial charge on any atom is 0.315 e. The molecule has 0 aromatic heterocycles. The second-order valence-corrected chi connectivity index (χ2v) is 5.51. The average molecular weight is 243 g/mol. The Labute approximate surface area is 98.4 Å². The Morgan fingerprint density at radius 1 is 1.44 bits per heavy atom. The number of aliphatic carboxylic acids is 1. The van der Waals surface area contributed by atoms with E-state index in [1.807, 2.05) is 11.8 Å². The van der Waals surface area contributed by atoms with Gasteiger partial charge in [0.15, 0.2) is 0 Å². The summed E-state index contributed by atoms with van der Waals surface area (Å²) < 4.78 is 0. The van der Waals surface area contributed by atoms with E-state index >= 15 is 0 Å². The number of thioether (sulfide) groups is 1. The molecule has 5 nitrogen and oxygen atoms in total. The van der Waals surface area contributed by atoms with Crippen molar-refractivity contribution in [3.05, 3.63) is 0 Å². The van der Waals surface area contributed by atoms with E-state index in [9.17, 15) is 14.7 Å². The number of urea groups is 1. The van der Waals surface area contributed by atoms with Crippen molar-refractivity contribution in [2.24, 2.45) is 0 Å². The summed E-state index contributed by atoms with van der Waals surface area (Å²) in [5.74, 6) is -0.0260. The van der Waals surface area contributed by atoms with E-state index in [2.05, 4.69) is 10.6 Å². The van der Waals surface area contributed by atoms with E-state index in [0.29, 0.717) is 11.7 Å². The van der Waals surface area contributed by atoms with Gasteiger partial charge >= 0.3 is 6.03 Å². The fourth-order valence-electron chi connectivity index (χ4n) is 2.26. The molecule has 90 valence electrons. The van der Waals surface area contributed by atoms with E-state index in [4.69, 9.17) is 0 Å². The molecule has 3 atom stereocenters. The van der Waals surface area contributed by atoms with E-state index in [-0.39, 0.29) is 24.5 Å². The normalized spacial score (nSPS) is 32.0. The van der Waals surface area contributed by atoms with Crippen LogP contribution in [0.4, 0.5) is 4.79 Å². The lowest BCUT2D eigenvalue weighted by molar-refractivity contribution is -0.305. The maximum atomic E-state index is 11.1. The lowest BCUT2D eigenvalue weighted by Crippen LogP contribution is -2.36. The average Bonchev–Trinajstić information content (AvgIpc) is 2.72. The molecule has 2 saturated heterocycles. The van der Waals surface area contributed by atoms with Crippen molar-refractivity contribution in [1.82, 2.24) is 10.6 Å².